The van der Waals surface area contributed by atoms with Gasteiger partial charge in [-0.15, -0.1) is 0 Å². The Kier molecular flexibility index (Phi) is 2.57. The molecule has 1 unspecified atom stereocenters. The number of allylic oxidation sites excluding steroid dienone is 1. The fourth-order valence-corrected chi connectivity index (χ4v) is 0. The third-order valence-electron chi connectivity index (χ3n) is 0.265. The van der Waals surface area contributed by atoms with Crippen molar-refractivity contribution in [1.82, 2.24) is 0 Å². The van der Waals surface area contributed by atoms with E-state index in [0.29, 0.717) is 4.83 Å². The summed E-state index contributed by atoms with van der Waals surface area (Å²) in [4.78, 5) is 0.350. The molecule has 0 bridgehead atoms. The minimum Gasteiger partial charge on any atom is -0.0848 e. The lowest BCUT2D eigenvalue weighted by Gasteiger charge is -1.81. The molecule has 5 heavy (non-hydrogen) atoms. The number of halogens is 1. The Labute approximate surface area is 41.0 Å². The van der Waals surface area contributed by atoms with Crippen LogP contribution in [0.1, 0.15) is 6.92 Å². The van der Waals surface area contributed by atoms with Crippen molar-refractivity contribution in [2.24, 2.45) is 0 Å². The third kappa shape index (κ3) is 4.22. The van der Waals surface area contributed by atoms with Crippen LogP contribution in [-0.4, -0.2) is 4.83 Å². The van der Waals surface area contributed by atoms with Gasteiger partial charge in [0.1, 0.15) is 0 Å². The van der Waals surface area contributed by atoms with E-state index < -0.39 is 0 Å². The van der Waals surface area contributed by atoms with Crippen LogP contribution < -0.4 is 0 Å². The lowest BCUT2D eigenvalue weighted by atomic mass is 10.5. The number of rotatable bonds is 1. The van der Waals surface area contributed by atoms with Crippen LogP contribution in [0, 0.1) is 6.58 Å². The molecule has 0 aromatic carbocycles. The maximum absolute atomic E-state index is 5.00. The first-order chi connectivity index (χ1) is 2.27. The minimum atomic E-state index is 0.350. The second-order valence-corrected chi connectivity index (χ2v) is 2.31. The summed E-state index contributed by atoms with van der Waals surface area (Å²) < 4.78 is 0. The van der Waals surface area contributed by atoms with E-state index >= 15 is 0 Å². The second kappa shape index (κ2) is 2.46. The van der Waals surface area contributed by atoms with Crippen LogP contribution in [0.15, 0.2) is 6.08 Å². The zero-order valence-corrected chi connectivity index (χ0v) is 4.70. The quantitative estimate of drug-likeness (QED) is 0.479. The maximum atomic E-state index is 5.00. The standard InChI is InChI=1S/C4H6Br/c1-3-4(2)5/h1,3-4H,2H3. The first kappa shape index (κ1) is 5.22. The highest BCUT2D eigenvalue weighted by atomic mass is 79.9. The van der Waals surface area contributed by atoms with Crippen LogP contribution >= 0.6 is 15.9 Å². The molecule has 1 radical (unpaired) electrons. The predicted molar refractivity (Wildman–Crippen MR) is 27.3 cm³/mol. The molecule has 0 nitrogen and oxygen atoms in total. The molecule has 0 N–H and O–H groups in total. The molecule has 1 heteroatoms. The zero-order valence-electron chi connectivity index (χ0n) is 3.11. The topological polar surface area (TPSA) is 0 Å². The van der Waals surface area contributed by atoms with Crippen LogP contribution in [0.3, 0.4) is 0 Å². The molecule has 29 valence electrons. The van der Waals surface area contributed by atoms with Gasteiger partial charge in [-0.25, -0.2) is 0 Å². The van der Waals surface area contributed by atoms with Crippen LogP contribution in [0.2, 0.25) is 0 Å². The van der Waals surface area contributed by atoms with Crippen LogP contribution in [0.5, 0.6) is 0 Å². The molecular weight excluding hydrogens is 128 g/mol. The molecule has 0 rings (SSSR count). The summed E-state index contributed by atoms with van der Waals surface area (Å²) in [5.41, 5.74) is 0. The number of hydrogen-bond acceptors (Lipinski definition) is 0. The molecule has 0 aromatic rings. The van der Waals surface area contributed by atoms with E-state index in [2.05, 4.69) is 15.9 Å². The molecule has 0 aliphatic heterocycles. The van der Waals surface area contributed by atoms with Crippen molar-refractivity contribution in [2.45, 2.75) is 11.8 Å². The lowest BCUT2D eigenvalue weighted by molar-refractivity contribution is 1.28. The van der Waals surface area contributed by atoms with E-state index in [4.69, 9.17) is 6.58 Å². The Morgan fingerprint density at radius 2 is 2.20 bits per heavy atom. The average molecular weight is 134 g/mol. The Balaban J connectivity index is 2.83. The average Bonchev–Trinajstić information content (AvgIpc) is 1.38. The van der Waals surface area contributed by atoms with Crippen molar-refractivity contribution < 1.29 is 0 Å². The van der Waals surface area contributed by atoms with Gasteiger partial charge in [0.25, 0.3) is 0 Å². The highest BCUT2D eigenvalue weighted by Gasteiger charge is 1.76. The van der Waals surface area contributed by atoms with Gasteiger partial charge < -0.3 is 0 Å². The van der Waals surface area contributed by atoms with E-state index in [9.17, 15) is 0 Å². The van der Waals surface area contributed by atoms with E-state index in [-0.39, 0.29) is 0 Å². The van der Waals surface area contributed by atoms with Gasteiger partial charge >= 0.3 is 0 Å². The minimum absolute atomic E-state index is 0.350. The van der Waals surface area contributed by atoms with Crippen molar-refractivity contribution in [2.75, 3.05) is 0 Å². The summed E-state index contributed by atoms with van der Waals surface area (Å²) in [5.74, 6) is 0. The highest BCUT2D eigenvalue weighted by Crippen LogP contribution is 1.94. The van der Waals surface area contributed by atoms with Gasteiger partial charge in [0, 0.05) is 4.83 Å². The fourth-order valence-electron chi connectivity index (χ4n) is 0. The van der Waals surface area contributed by atoms with Gasteiger partial charge in [0.15, 0.2) is 0 Å². The van der Waals surface area contributed by atoms with Gasteiger partial charge in [0.2, 0.25) is 0 Å². The lowest BCUT2D eigenvalue weighted by Crippen LogP contribution is -1.74. The van der Waals surface area contributed by atoms with Crippen molar-refractivity contribution in [1.29, 1.82) is 0 Å². The van der Waals surface area contributed by atoms with E-state index in [0.717, 1.165) is 0 Å². The van der Waals surface area contributed by atoms with E-state index in [1.807, 2.05) is 6.92 Å². The SMILES string of the molecule is [CH]=CC(C)Br. The number of alkyl halides is 1. The molecule has 0 fully saturated rings. The van der Waals surface area contributed by atoms with Crippen molar-refractivity contribution in [3.8, 4) is 0 Å². The molecule has 0 amide bonds. The predicted octanol–water partition coefficient (Wildman–Crippen LogP) is 1.76. The van der Waals surface area contributed by atoms with Gasteiger partial charge in [-0.2, -0.15) is 0 Å². The molecule has 0 aliphatic carbocycles. The monoisotopic (exact) mass is 133 g/mol. The molecule has 1 atom stereocenters. The Hall–Kier alpha value is 0.220. The van der Waals surface area contributed by atoms with Crippen molar-refractivity contribution in [3.63, 3.8) is 0 Å². The van der Waals surface area contributed by atoms with E-state index in [1.165, 1.54) is 0 Å². The summed E-state index contributed by atoms with van der Waals surface area (Å²) in [5, 5.41) is 0. The van der Waals surface area contributed by atoms with Crippen LogP contribution in [0.25, 0.3) is 0 Å². The first-order valence-electron chi connectivity index (χ1n) is 1.46. The van der Waals surface area contributed by atoms with Crippen molar-refractivity contribution >= 4 is 15.9 Å². The second-order valence-electron chi connectivity index (χ2n) is 0.870. The summed E-state index contributed by atoms with van der Waals surface area (Å²) >= 11 is 3.19. The van der Waals surface area contributed by atoms with Gasteiger partial charge in [-0.1, -0.05) is 28.6 Å². The molecule has 0 heterocycles. The highest BCUT2D eigenvalue weighted by molar-refractivity contribution is 9.09. The third-order valence-corrected chi connectivity index (χ3v) is 0.570. The summed E-state index contributed by atoms with van der Waals surface area (Å²) in [6, 6.07) is 0. The van der Waals surface area contributed by atoms with Crippen LogP contribution in [-0.2, 0) is 0 Å². The molecule has 0 saturated carbocycles. The Morgan fingerprint density at radius 1 is 2.00 bits per heavy atom. The molecular formula is C4H6Br. The Morgan fingerprint density at radius 3 is 2.20 bits per heavy atom. The molecule has 0 aliphatic rings. The number of hydrogen-bond donors (Lipinski definition) is 0. The van der Waals surface area contributed by atoms with Gasteiger partial charge in [-0.05, 0) is 6.92 Å². The zero-order chi connectivity index (χ0) is 4.28. The summed E-state index contributed by atoms with van der Waals surface area (Å²) in [6.45, 7) is 6.96. The van der Waals surface area contributed by atoms with E-state index in [1.54, 1.807) is 6.08 Å². The smallest absolute Gasteiger partial charge is 0.0300 e. The molecule has 0 saturated heterocycles. The summed E-state index contributed by atoms with van der Waals surface area (Å²) in [7, 11) is 0. The Bertz CT molecular complexity index is 30.6. The largest absolute Gasteiger partial charge is 0.0848 e. The molecule has 0 aromatic heterocycles. The maximum Gasteiger partial charge on any atom is 0.0300 e. The first-order valence-corrected chi connectivity index (χ1v) is 2.38. The van der Waals surface area contributed by atoms with Crippen LogP contribution in [0.4, 0.5) is 0 Å². The van der Waals surface area contributed by atoms with Crippen molar-refractivity contribution in [3.05, 3.63) is 12.7 Å². The van der Waals surface area contributed by atoms with Gasteiger partial charge in [-0.3, -0.25) is 0 Å². The summed E-state index contributed by atoms with van der Waals surface area (Å²) in [6.07, 6.45) is 1.58. The fraction of sp³-hybridized carbons (Fsp3) is 0.500. The van der Waals surface area contributed by atoms with Gasteiger partial charge in [0.05, 0.1) is 0 Å². The molecule has 0 spiro atoms. The normalized spacial score (nSPS) is 14.0.